The molecule has 0 spiro atoms. The monoisotopic (exact) mass is 294 g/mol. The van der Waals surface area contributed by atoms with Crippen molar-refractivity contribution in [2.45, 2.75) is 4.90 Å². The molecule has 2 rings (SSSR count). The minimum absolute atomic E-state index is 0.267. The van der Waals surface area contributed by atoms with Gasteiger partial charge in [-0.25, -0.2) is 22.2 Å². The van der Waals surface area contributed by atoms with E-state index in [-0.39, 0.29) is 5.13 Å². The van der Waals surface area contributed by atoms with Crippen molar-refractivity contribution < 1.29 is 21.6 Å². The molecule has 0 radical (unpaired) electrons. The lowest BCUT2D eigenvalue weighted by Crippen LogP contribution is -2.15. The smallest absolute Gasteiger partial charge is 0.254 e. The first-order valence-corrected chi connectivity index (χ1v) is 6.78. The van der Waals surface area contributed by atoms with Gasteiger partial charge in [-0.05, 0) is 12.1 Å². The normalized spacial score (nSPS) is 11.5. The Morgan fingerprint density at radius 3 is 2.56 bits per heavy atom. The van der Waals surface area contributed by atoms with E-state index in [2.05, 4.69) is 4.98 Å². The third-order valence-electron chi connectivity index (χ3n) is 1.90. The molecule has 18 heavy (non-hydrogen) atoms. The molecule has 4 nitrogen and oxygen atoms in total. The number of anilines is 1. The molecule has 0 aliphatic carbocycles. The summed E-state index contributed by atoms with van der Waals surface area (Å²) in [6.45, 7) is 0. The number of hydrogen-bond donors (Lipinski definition) is 1. The van der Waals surface area contributed by atoms with Gasteiger partial charge in [0, 0.05) is 0 Å². The standard InChI is InChI=1S/C9H5F3N2O2S2/c10-5-2-1-3-6(8(5)12)18(15,16)14-9-13-4-7(11)17-9/h1-4H,(H,13,14). The van der Waals surface area contributed by atoms with Crippen molar-refractivity contribution in [2.75, 3.05) is 4.72 Å². The number of benzene rings is 1. The summed E-state index contributed by atoms with van der Waals surface area (Å²) in [4.78, 5) is 2.55. The number of thiazole rings is 1. The van der Waals surface area contributed by atoms with Crippen LogP contribution in [0.1, 0.15) is 0 Å². The fourth-order valence-electron chi connectivity index (χ4n) is 1.16. The molecule has 9 heteroatoms. The topological polar surface area (TPSA) is 59.1 Å². The highest BCUT2D eigenvalue weighted by Crippen LogP contribution is 2.22. The molecule has 0 bridgehead atoms. The molecule has 0 aliphatic rings. The molecule has 0 aliphatic heterocycles. The Kier molecular flexibility index (Phi) is 3.26. The molecule has 1 aromatic carbocycles. The number of aromatic nitrogens is 1. The minimum Gasteiger partial charge on any atom is -0.254 e. The predicted octanol–water partition coefficient (Wildman–Crippen LogP) is 2.36. The molecule has 0 atom stereocenters. The quantitative estimate of drug-likeness (QED) is 0.945. The third kappa shape index (κ3) is 2.46. The second-order valence-corrected chi connectivity index (χ2v) is 5.76. The van der Waals surface area contributed by atoms with Crippen molar-refractivity contribution in [1.82, 2.24) is 4.98 Å². The molecular formula is C9H5F3N2O2S2. The Bertz CT molecular complexity index is 685. The van der Waals surface area contributed by atoms with E-state index in [0.717, 1.165) is 24.4 Å². The van der Waals surface area contributed by atoms with Gasteiger partial charge in [-0.2, -0.15) is 4.39 Å². The Morgan fingerprint density at radius 2 is 1.94 bits per heavy atom. The predicted molar refractivity (Wildman–Crippen MR) is 59.2 cm³/mol. The largest absolute Gasteiger partial charge is 0.266 e. The minimum atomic E-state index is -4.34. The summed E-state index contributed by atoms with van der Waals surface area (Å²) < 4.78 is 64.1. The van der Waals surface area contributed by atoms with Gasteiger partial charge in [0.2, 0.25) is 0 Å². The molecule has 1 N–H and O–H groups in total. The van der Waals surface area contributed by atoms with Gasteiger partial charge in [-0.3, -0.25) is 4.72 Å². The second kappa shape index (κ2) is 4.58. The van der Waals surface area contributed by atoms with Crippen LogP contribution in [0.4, 0.5) is 18.3 Å². The van der Waals surface area contributed by atoms with Crippen molar-refractivity contribution in [2.24, 2.45) is 0 Å². The van der Waals surface area contributed by atoms with E-state index in [1.165, 1.54) is 0 Å². The maximum Gasteiger partial charge on any atom is 0.266 e. The Morgan fingerprint density at radius 1 is 1.22 bits per heavy atom. The Balaban J connectivity index is 2.40. The lowest BCUT2D eigenvalue weighted by atomic mass is 10.3. The molecule has 96 valence electrons. The van der Waals surface area contributed by atoms with E-state index in [4.69, 9.17) is 0 Å². The second-order valence-electron chi connectivity index (χ2n) is 3.13. The summed E-state index contributed by atoms with van der Waals surface area (Å²) in [6, 6.07) is 2.73. The van der Waals surface area contributed by atoms with Gasteiger partial charge in [-0.15, -0.1) is 0 Å². The van der Waals surface area contributed by atoms with Crippen molar-refractivity contribution in [3.8, 4) is 0 Å². The van der Waals surface area contributed by atoms with Crippen LogP contribution in [0, 0.1) is 16.8 Å². The summed E-state index contributed by atoms with van der Waals surface area (Å²) in [5, 5.41) is -0.969. The molecule has 0 fully saturated rings. The molecule has 0 saturated carbocycles. The molecule has 0 amide bonds. The number of rotatable bonds is 3. The van der Waals surface area contributed by atoms with Gasteiger partial charge in [0.05, 0.1) is 6.20 Å². The van der Waals surface area contributed by atoms with Crippen molar-refractivity contribution >= 4 is 26.5 Å². The molecule has 1 aromatic heterocycles. The van der Waals surface area contributed by atoms with Crippen LogP contribution in [0.2, 0.25) is 0 Å². The third-order valence-corrected chi connectivity index (χ3v) is 4.09. The van der Waals surface area contributed by atoms with Crippen LogP contribution in [0.15, 0.2) is 29.3 Å². The van der Waals surface area contributed by atoms with E-state index < -0.39 is 31.7 Å². The van der Waals surface area contributed by atoms with Crippen molar-refractivity contribution in [3.05, 3.63) is 41.2 Å². The van der Waals surface area contributed by atoms with Gasteiger partial charge < -0.3 is 0 Å². The average molecular weight is 294 g/mol. The summed E-state index contributed by atoms with van der Waals surface area (Å²) in [6.07, 6.45) is 0.810. The van der Waals surface area contributed by atoms with Crippen LogP contribution in [-0.4, -0.2) is 13.4 Å². The van der Waals surface area contributed by atoms with Crippen LogP contribution in [0.25, 0.3) is 0 Å². The molecule has 0 unspecified atom stereocenters. The van der Waals surface area contributed by atoms with Gasteiger partial charge in [0.25, 0.3) is 10.0 Å². The van der Waals surface area contributed by atoms with Crippen LogP contribution in [-0.2, 0) is 10.0 Å². The number of nitrogens with one attached hydrogen (secondary N) is 1. The van der Waals surface area contributed by atoms with Gasteiger partial charge >= 0.3 is 0 Å². The SMILES string of the molecule is O=S(=O)(Nc1ncc(F)s1)c1cccc(F)c1F. The Hall–Kier alpha value is -1.61. The number of sulfonamides is 1. The number of nitrogens with zero attached hydrogens (tertiary/aromatic N) is 1. The van der Waals surface area contributed by atoms with E-state index in [1.807, 2.05) is 4.72 Å². The highest BCUT2D eigenvalue weighted by molar-refractivity contribution is 7.93. The van der Waals surface area contributed by atoms with E-state index in [9.17, 15) is 21.6 Å². The summed E-state index contributed by atoms with van der Waals surface area (Å²) in [5.74, 6) is -2.79. The summed E-state index contributed by atoms with van der Waals surface area (Å²) >= 11 is 0.435. The highest BCUT2D eigenvalue weighted by Gasteiger charge is 2.22. The first-order chi connectivity index (χ1) is 8.40. The first kappa shape index (κ1) is 12.8. The van der Waals surface area contributed by atoms with Crippen LogP contribution in [0.5, 0.6) is 0 Å². The van der Waals surface area contributed by atoms with Gasteiger partial charge in [-0.1, -0.05) is 17.4 Å². The van der Waals surface area contributed by atoms with E-state index in [0.29, 0.717) is 11.3 Å². The molecule has 1 heterocycles. The fraction of sp³-hybridized carbons (Fsp3) is 0. The van der Waals surface area contributed by atoms with Crippen LogP contribution in [0.3, 0.4) is 0 Å². The zero-order valence-electron chi connectivity index (χ0n) is 8.52. The van der Waals surface area contributed by atoms with Gasteiger partial charge in [0.1, 0.15) is 4.90 Å². The van der Waals surface area contributed by atoms with Crippen LogP contribution < -0.4 is 4.72 Å². The van der Waals surface area contributed by atoms with Crippen LogP contribution >= 0.6 is 11.3 Å². The lowest BCUT2D eigenvalue weighted by molar-refractivity contribution is 0.485. The van der Waals surface area contributed by atoms with Gasteiger partial charge in [0.15, 0.2) is 21.9 Å². The zero-order chi connectivity index (χ0) is 13.3. The Labute approximate surface area is 104 Å². The lowest BCUT2D eigenvalue weighted by Gasteiger charge is -2.06. The number of hydrogen-bond acceptors (Lipinski definition) is 4. The highest BCUT2D eigenvalue weighted by atomic mass is 32.2. The average Bonchev–Trinajstić information content (AvgIpc) is 2.67. The van der Waals surface area contributed by atoms with E-state index >= 15 is 0 Å². The number of halogens is 3. The fourth-order valence-corrected chi connectivity index (χ4v) is 3.04. The maximum absolute atomic E-state index is 13.3. The van der Waals surface area contributed by atoms with Crippen molar-refractivity contribution in [3.63, 3.8) is 0 Å². The first-order valence-electron chi connectivity index (χ1n) is 4.48. The maximum atomic E-state index is 13.3. The zero-order valence-corrected chi connectivity index (χ0v) is 10.2. The van der Waals surface area contributed by atoms with Crippen molar-refractivity contribution in [1.29, 1.82) is 0 Å². The molecule has 0 saturated heterocycles. The summed E-state index contributed by atoms with van der Waals surface area (Å²) in [7, 11) is -4.34. The summed E-state index contributed by atoms with van der Waals surface area (Å²) in [5.41, 5.74) is 0. The molecular weight excluding hydrogens is 289 g/mol. The molecule has 2 aromatic rings. The van der Waals surface area contributed by atoms with E-state index in [1.54, 1.807) is 0 Å².